The van der Waals surface area contributed by atoms with E-state index < -0.39 is 15.8 Å². The Hall–Kier alpha value is -1.83. The fourth-order valence-electron chi connectivity index (χ4n) is 2.01. The molecule has 19 heavy (non-hydrogen) atoms. The highest BCUT2D eigenvalue weighted by molar-refractivity contribution is 7.91. The van der Waals surface area contributed by atoms with Gasteiger partial charge in [0.25, 0.3) is 0 Å². The predicted octanol–water partition coefficient (Wildman–Crippen LogP) is -0.0131. The van der Waals surface area contributed by atoms with Crippen molar-refractivity contribution in [1.29, 1.82) is 0 Å². The van der Waals surface area contributed by atoms with Crippen LogP contribution in [0.25, 0.3) is 0 Å². The van der Waals surface area contributed by atoms with Crippen molar-refractivity contribution >= 4 is 27.3 Å². The SMILES string of the molecule is Nc1cc(C(=O)O)cnc1N1CCCS(=O)(=O)CC1. The van der Waals surface area contributed by atoms with Crippen LogP contribution in [-0.4, -0.2) is 49.1 Å². The lowest BCUT2D eigenvalue weighted by Gasteiger charge is -2.22. The standard InChI is InChI=1S/C11H15N3O4S/c12-9-6-8(11(15)16)7-13-10(9)14-2-1-4-19(17,18)5-3-14/h6-7H,1-5,12H2,(H,15,16). The molecule has 8 heteroatoms. The first-order valence-corrected chi connectivity index (χ1v) is 7.65. The minimum Gasteiger partial charge on any atom is -0.478 e. The zero-order valence-corrected chi connectivity index (χ0v) is 11.1. The van der Waals surface area contributed by atoms with Crippen molar-refractivity contribution in [2.45, 2.75) is 6.42 Å². The second-order valence-corrected chi connectivity index (χ2v) is 6.74. The topological polar surface area (TPSA) is 114 Å². The summed E-state index contributed by atoms with van der Waals surface area (Å²) in [5.41, 5.74) is 6.06. The van der Waals surface area contributed by atoms with Gasteiger partial charge in [0.05, 0.1) is 22.8 Å². The summed E-state index contributed by atoms with van der Waals surface area (Å²) in [6.07, 6.45) is 1.75. The molecule has 1 saturated heterocycles. The van der Waals surface area contributed by atoms with Crippen LogP contribution in [0.2, 0.25) is 0 Å². The molecular formula is C11H15N3O4S. The highest BCUT2D eigenvalue weighted by atomic mass is 32.2. The Bertz CT molecular complexity index is 600. The Labute approximate surface area is 111 Å². The molecule has 1 aliphatic rings. The van der Waals surface area contributed by atoms with Gasteiger partial charge in [-0.05, 0) is 12.5 Å². The van der Waals surface area contributed by atoms with E-state index in [-0.39, 0.29) is 22.8 Å². The van der Waals surface area contributed by atoms with Crippen LogP contribution in [0.15, 0.2) is 12.3 Å². The van der Waals surface area contributed by atoms with Gasteiger partial charge in [-0.3, -0.25) is 0 Å². The number of sulfone groups is 1. The first kappa shape index (κ1) is 13.6. The fraction of sp³-hybridized carbons (Fsp3) is 0.455. The van der Waals surface area contributed by atoms with Gasteiger partial charge in [0.1, 0.15) is 0 Å². The molecule has 0 saturated carbocycles. The summed E-state index contributed by atoms with van der Waals surface area (Å²) in [4.78, 5) is 16.6. The molecule has 1 aliphatic heterocycles. The maximum atomic E-state index is 11.5. The Kier molecular flexibility index (Phi) is 3.61. The average Bonchev–Trinajstić information content (AvgIpc) is 2.50. The molecule has 0 aliphatic carbocycles. The quantitative estimate of drug-likeness (QED) is 0.785. The number of carbonyl (C=O) groups is 1. The lowest BCUT2D eigenvalue weighted by atomic mass is 10.2. The number of rotatable bonds is 2. The highest BCUT2D eigenvalue weighted by Crippen LogP contribution is 2.22. The number of anilines is 2. The summed E-state index contributed by atoms with van der Waals surface area (Å²) in [5.74, 6) is -0.419. The van der Waals surface area contributed by atoms with Crippen LogP contribution in [0.4, 0.5) is 11.5 Å². The van der Waals surface area contributed by atoms with Crippen LogP contribution in [0.3, 0.4) is 0 Å². The number of nitrogens with zero attached hydrogens (tertiary/aromatic N) is 2. The molecule has 2 rings (SSSR count). The van der Waals surface area contributed by atoms with Crippen molar-refractivity contribution in [3.05, 3.63) is 17.8 Å². The van der Waals surface area contributed by atoms with E-state index in [1.165, 1.54) is 12.3 Å². The van der Waals surface area contributed by atoms with Crippen molar-refractivity contribution in [3.63, 3.8) is 0 Å². The van der Waals surface area contributed by atoms with Gasteiger partial charge < -0.3 is 15.7 Å². The molecule has 1 fully saturated rings. The normalized spacial score (nSPS) is 18.8. The number of nitrogens with two attached hydrogens (primary N) is 1. The molecule has 3 N–H and O–H groups in total. The molecule has 104 valence electrons. The fourth-order valence-corrected chi connectivity index (χ4v) is 3.28. The van der Waals surface area contributed by atoms with E-state index in [2.05, 4.69) is 4.98 Å². The molecule has 0 aromatic carbocycles. The number of aromatic carboxylic acids is 1. The number of aromatic nitrogens is 1. The summed E-state index contributed by atoms with van der Waals surface area (Å²) in [7, 11) is -3.00. The van der Waals surface area contributed by atoms with Gasteiger partial charge in [0, 0.05) is 19.3 Å². The number of carboxylic acid groups (broad SMARTS) is 1. The van der Waals surface area contributed by atoms with Gasteiger partial charge in [0.2, 0.25) is 0 Å². The monoisotopic (exact) mass is 285 g/mol. The molecule has 0 radical (unpaired) electrons. The second kappa shape index (κ2) is 5.04. The summed E-state index contributed by atoms with van der Waals surface area (Å²) in [6, 6.07) is 1.34. The number of nitrogen functional groups attached to an aromatic ring is 1. The predicted molar refractivity (Wildman–Crippen MR) is 71.1 cm³/mol. The smallest absolute Gasteiger partial charge is 0.337 e. The van der Waals surface area contributed by atoms with Gasteiger partial charge in [-0.15, -0.1) is 0 Å². The minimum atomic E-state index is -3.00. The Morgan fingerprint density at radius 1 is 1.37 bits per heavy atom. The zero-order chi connectivity index (χ0) is 14.0. The molecule has 0 amide bonds. The summed E-state index contributed by atoms with van der Waals surface area (Å²) in [6.45, 7) is 0.870. The maximum Gasteiger partial charge on any atom is 0.337 e. The van der Waals surface area contributed by atoms with E-state index in [0.717, 1.165) is 0 Å². The first-order valence-electron chi connectivity index (χ1n) is 5.83. The second-order valence-electron chi connectivity index (χ2n) is 4.43. The maximum absolute atomic E-state index is 11.5. The minimum absolute atomic E-state index is 0.0173. The van der Waals surface area contributed by atoms with E-state index in [4.69, 9.17) is 10.8 Å². The van der Waals surface area contributed by atoms with Gasteiger partial charge in [-0.2, -0.15) is 0 Å². The molecule has 1 aromatic heterocycles. The van der Waals surface area contributed by atoms with Gasteiger partial charge in [0.15, 0.2) is 15.7 Å². The van der Waals surface area contributed by atoms with Crippen LogP contribution in [0, 0.1) is 0 Å². The molecule has 0 bridgehead atoms. The van der Waals surface area contributed by atoms with Crippen molar-refractivity contribution in [1.82, 2.24) is 4.98 Å². The largest absolute Gasteiger partial charge is 0.478 e. The van der Waals surface area contributed by atoms with E-state index in [1.54, 1.807) is 4.90 Å². The zero-order valence-electron chi connectivity index (χ0n) is 10.2. The Balaban J connectivity index is 2.25. The molecule has 0 spiro atoms. The molecule has 7 nitrogen and oxygen atoms in total. The Morgan fingerprint density at radius 3 is 2.74 bits per heavy atom. The lowest BCUT2D eigenvalue weighted by Crippen LogP contribution is -2.28. The van der Waals surface area contributed by atoms with Crippen LogP contribution in [0.1, 0.15) is 16.8 Å². The van der Waals surface area contributed by atoms with E-state index in [1.807, 2.05) is 0 Å². The molecule has 0 atom stereocenters. The van der Waals surface area contributed by atoms with Crippen molar-refractivity contribution in [2.24, 2.45) is 0 Å². The van der Waals surface area contributed by atoms with Crippen LogP contribution in [-0.2, 0) is 9.84 Å². The van der Waals surface area contributed by atoms with Crippen LogP contribution >= 0.6 is 0 Å². The van der Waals surface area contributed by atoms with Gasteiger partial charge in [-0.25, -0.2) is 18.2 Å². The Morgan fingerprint density at radius 2 is 2.11 bits per heavy atom. The summed E-state index contributed by atoms with van der Waals surface area (Å²) < 4.78 is 23.0. The third kappa shape index (κ3) is 3.14. The third-order valence-electron chi connectivity index (χ3n) is 3.00. The van der Waals surface area contributed by atoms with Crippen LogP contribution < -0.4 is 10.6 Å². The number of hydrogen-bond donors (Lipinski definition) is 2. The van der Waals surface area contributed by atoms with Crippen molar-refractivity contribution < 1.29 is 18.3 Å². The van der Waals surface area contributed by atoms with Gasteiger partial charge >= 0.3 is 5.97 Å². The van der Waals surface area contributed by atoms with E-state index in [9.17, 15) is 13.2 Å². The number of pyridine rings is 1. The van der Waals surface area contributed by atoms with Crippen LogP contribution in [0.5, 0.6) is 0 Å². The third-order valence-corrected chi connectivity index (χ3v) is 4.71. The molecule has 0 unspecified atom stereocenters. The van der Waals surface area contributed by atoms with Crippen molar-refractivity contribution in [2.75, 3.05) is 35.2 Å². The molecule has 1 aromatic rings. The van der Waals surface area contributed by atoms with E-state index >= 15 is 0 Å². The van der Waals surface area contributed by atoms with E-state index in [0.29, 0.717) is 25.3 Å². The highest BCUT2D eigenvalue weighted by Gasteiger charge is 2.21. The summed E-state index contributed by atoms with van der Waals surface area (Å²) >= 11 is 0. The van der Waals surface area contributed by atoms with Gasteiger partial charge in [-0.1, -0.05) is 0 Å². The lowest BCUT2D eigenvalue weighted by molar-refractivity contribution is 0.0696. The molecular weight excluding hydrogens is 270 g/mol. The van der Waals surface area contributed by atoms with Crippen molar-refractivity contribution in [3.8, 4) is 0 Å². The summed E-state index contributed by atoms with van der Waals surface area (Å²) in [5, 5.41) is 8.84. The molecule has 2 heterocycles. The first-order chi connectivity index (χ1) is 8.89. The number of hydrogen-bond acceptors (Lipinski definition) is 6. The average molecular weight is 285 g/mol. The number of carboxylic acids is 1.